The molecular formula is C15H19BrOS. The van der Waals surface area contributed by atoms with Crippen LogP contribution in [0, 0.1) is 23.2 Å². The molecule has 1 atom stereocenters. The van der Waals surface area contributed by atoms with Gasteiger partial charge < -0.3 is 5.11 Å². The minimum absolute atomic E-state index is 0.210. The van der Waals surface area contributed by atoms with Gasteiger partial charge in [-0.3, -0.25) is 0 Å². The van der Waals surface area contributed by atoms with Gasteiger partial charge in [-0.05, 0) is 83.7 Å². The van der Waals surface area contributed by atoms with E-state index in [4.69, 9.17) is 0 Å². The van der Waals surface area contributed by atoms with Gasteiger partial charge in [-0.2, -0.15) is 0 Å². The monoisotopic (exact) mass is 326 g/mol. The van der Waals surface area contributed by atoms with Gasteiger partial charge in [-0.1, -0.05) is 0 Å². The zero-order chi connectivity index (χ0) is 12.3. The van der Waals surface area contributed by atoms with E-state index in [-0.39, 0.29) is 11.5 Å². The molecule has 4 saturated carbocycles. The van der Waals surface area contributed by atoms with E-state index in [1.54, 1.807) is 11.3 Å². The molecule has 4 aliphatic rings. The Hall–Kier alpha value is 0.140. The molecule has 1 nitrogen and oxygen atoms in total. The first-order valence-electron chi connectivity index (χ1n) is 7.07. The number of aliphatic hydroxyl groups is 1. The highest BCUT2D eigenvalue weighted by atomic mass is 79.9. The Morgan fingerprint density at radius 2 is 1.72 bits per heavy atom. The van der Waals surface area contributed by atoms with E-state index in [0.717, 1.165) is 27.1 Å². The number of hydrogen-bond acceptors (Lipinski definition) is 2. The normalized spacial score (nSPS) is 43.3. The molecule has 0 radical (unpaired) electrons. The van der Waals surface area contributed by atoms with Crippen molar-refractivity contribution in [1.82, 2.24) is 0 Å². The van der Waals surface area contributed by atoms with Crippen LogP contribution in [-0.4, -0.2) is 5.11 Å². The molecular weight excluding hydrogens is 308 g/mol. The highest BCUT2D eigenvalue weighted by molar-refractivity contribution is 9.10. The summed E-state index contributed by atoms with van der Waals surface area (Å²) < 4.78 is 1.11. The van der Waals surface area contributed by atoms with Gasteiger partial charge in [0.15, 0.2) is 0 Å². The molecule has 18 heavy (non-hydrogen) atoms. The van der Waals surface area contributed by atoms with Crippen molar-refractivity contribution in [2.24, 2.45) is 23.2 Å². The molecule has 1 aromatic rings. The molecule has 1 N–H and O–H groups in total. The molecule has 0 spiro atoms. The Morgan fingerprint density at radius 3 is 2.17 bits per heavy atom. The van der Waals surface area contributed by atoms with Gasteiger partial charge in [-0.25, -0.2) is 0 Å². The Kier molecular flexibility index (Phi) is 2.69. The topological polar surface area (TPSA) is 20.2 Å². The van der Waals surface area contributed by atoms with E-state index in [2.05, 4.69) is 27.4 Å². The van der Waals surface area contributed by atoms with E-state index in [0.29, 0.717) is 0 Å². The lowest BCUT2D eigenvalue weighted by Crippen LogP contribution is -2.48. The van der Waals surface area contributed by atoms with Crippen molar-refractivity contribution < 1.29 is 5.11 Å². The summed E-state index contributed by atoms with van der Waals surface area (Å²) in [6.45, 7) is 0. The summed E-state index contributed by atoms with van der Waals surface area (Å²) in [5.41, 5.74) is 0.210. The molecule has 4 bridgehead atoms. The summed E-state index contributed by atoms with van der Waals surface area (Å²) in [4.78, 5) is 1.16. The number of halogens is 1. The summed E-state index contributed by atoms with van der Waals surface area (Å²) in [6, 6.07) is 2.07. The first-order chi connectivity index (χ1) is 8.66. The Labute approximate surface area is 121 Å². The van der Waals surface area contributed by atoms with E-state index in [1.807, 2.05) is 0 Å². The van der Waals surface area contributed by atoms with Gasteiger partial charge in [0.25, 0.3) is 0 Å². The lowest BCUT2D eigenvalue weighted by molar-refractivity contribution is -0.121. The predicted octanol–water partition coefficient (Wildman–Crippen LogP) is 4.76. The van der Waals surface area contributed by atoms with Gasteiger partial charge in [0.05, 0.1) is 6.10 Å². The second-order valence-corrected chi connectivity index (χ2v) is 8.62. The highest BCUT2D eigenvalue weighted by Gasteiger charge is 2.54. The molecule has 1 heterocycles. The minimum Gasteiger partial charge on any atom is -0.387 e. The first-order valence-corrected chi connectivity index (χ1v) is 8.74. The van der Waals surface area contributed by atoms with Crippen molar-refractivity contribution in [3.8, 4) is 0 Å². The third kappa shape index (κ3) is 1.66. The van der Waals surface area contributed by atoms with Crippen molar-refractivity contribution in [1.29, 1.82) is 0 Å². The summed E-state index contributed by atoms with van der Waals surface area (Å²) in [5.74, 6) is 2.72. The smallest absolute Gasteiger partial charge is 0.0949 e. The molecule has 0 aromatic carbocycles. The number of hydrogen-bond donors (Lipinski definition) is 1. The fourth-order valence-electron chi connectivity index (χ4n) is 5.29. The van der Waals surface area contributed by atoms with E-state index in [1.165, 1.54) is 38.5 Å². The predicted molar refractivity (Wildman–Crippen MR) is 77.6 cm³/mol. The third-order valence-corrected chi connectivity index (χ3v) is 7.48. The van der Waals surface area contributed by atoms with Crippen LogP contribution in [0.3, 0.4) is 0 Å². The number of thiophene rings is 1. The van der Waals surface area contributed by atoms with Gasteiger partial charge in [0.1, 0.15) is 0 Å². The van der Waals surface area contributed by atoms with Crippen LogP contribution in [0.5, 0.6) is 0 Å². The second-order valence-electron chi connectivity index (χ2n) is 6.82. The van der Waals surface area contributed by atoms with Gasteiger partial charge in [0, 0.05) is 14.8 Å². The van der Waals surface area contributed by atoms with Crippen LogP contribution in [0.25, 0.3) is 0 Å². The van der Waals surface area contributed by atoms with Gasteiger partial charge in [0.2, 0.25) is 0 Å². The molecule has 0 aliphatic heterocycles. The van der Waals surface area contributed by atoms with E-state index < -0.39 is 0 Å². The summed E-state index contributed by atoms with van der Waals surface area (Å²) in [5, 5.41) is 13.0. The van der Waals surface area contributed by atoms with Crippen LogP contribution in [-0.2, 0) is 0 Å². The van der Waals surface area contributed by atoms with Crippen molar-refractivity contribution >= 4 is 27.3 Å². The molecule has 4 aliphatic carbocycles. The molecule has 3 heteroatoms. The van der Waals surface area contributed by atoms with Crippen LogP contribution >= 0.6 is 27.3 Å². The largest absolute Gasteiger partial charge is 0.387 e. The maximum Gasteiger partial charge on any atom is 0.0949 e. The van der Waals surface area contributed by atoms with E-state index >= 15 is 0 Å². The number of aliphatic hydroxyl groups excluding tert-OH is 1. The molecule has 1 unspecified atom stereocenters. The lowest BCUT2D eigenvalue weighted by atomic mass is 9.48. The van der Waals surface area contributed by atoms with Crippen molar-refractivity contribution in [3.05, 3.63) is 20.8 Å². The Morgan fingerprint density at radius 1 is 1.17 bits per heavy atom. The van der Waals surface area contributed by atoms with Crippen molar-refractivity contribution in [3.63, 3.8) is 0 Å². The highest BCUT2D eigenvalue weighted by Crippen LogP contribution is 2.64. The van der Waals surface area contributed by atoms with Crippen LogP contribution in [0.4, 0.5) is 0 Å². The standard InChI is InChI=1S/C15H19BrOS/c16-12-1-2-18-13(12)14(17)15-6-9-3-10(7-15)5-11(4-9)8-15/h1-2,9-11,14,17H,3-8H2. The summed E-state index contributed by atoms with van der Waals surface area (Å²) in [7, 11) is 0. The first kappa shape index (κ1) is 11.9. The molecule has 0 saturated heterocycles. The average Bonchev–Trinajstić information content (AvgIpc) is 2.72. The quantitative estimate of drug-likeness (QED) is 0.830. The molecule has 5 rings (SSSR count). The minimum atomic E-state index is -0.236. The second kappa shape index (κ2) is 4.07. The van der Waals surface area contributed by atoms with Crippen molar-refractivity contribution in [2.45, 2.75) is 44.6 Å². The fourth-order valence-corrected chi connectivity index (χ4v) is 7.01. The average molecular weight is 327 g/mol. The zero-order valence-corrected chi connectivity index (χ0v) is 12.8. The Balaban J connectivity index is 1.69. The zero-order valence-electron chi connectivity index (χ0n) is 10.4. The SMILES string of the molecule is OC(c1sccc1Br)C12CC3CC(CC(C3)C1)C2. The molecule has 98 valence electrons. The van der Waals surface area contributed by atoms with Crippen LogP contribution < -0.4 is 0 Å². The molecule has 4 fully saturated rings. The maximum absolute atomic E-state index is 10.9. The Bertz CT molecular complexity index is 432. The van der Waals surface area contributed by atoms with Crippen molar-refractivity contribution in [2.75, 3.05) is 0 Å². The summed E-state index contributed by atoms with van der Waals surface area (Å²) in [6.07, 6.45) is 7.90. The molecule has 1 aromatic heterocycles. The van der Waals surface area contributed by atoms with Crippen LogP contribution in [0.15, 0.2) is 15.9 Å². The van der Waals surface area contributed by atoms with Gasteiger partial charge >= 0.3 is 0 Å². The van der Waals surface area contributed by atoms with E-state index in [9.17, 15) is 5.11 Å². The maximum atomic E-state index is 10.9. The number of rotatable bonds is 2. The third-order valence-electron chi connectivity index (χ3n) is 5.56. The molecule has 0 amide bonds. The van der Waals surface area contributed by atoms with Crippen LogP contribution in [0.1, 0.15) is 49.5 Å². The van der Waals surface area contributed by atoms with Gasteiger partial charge in [-0.15, -0.1) is 11.3 Å². The lowest BCUT2D eigenvalue weighted by Gasteiger charge is -2.58. The summed E-state index contributed by atoms with van der Waals surface area (Å²) >= 11 is 5.31. The fraction of sp³-hybridized carbons (Fsp3) is 0.733. The van der Waals surface area contributed by atoms with Crippen LogP contribution in [0.2, 0.25) is 0 Å².